The second-order valence-corrected chi connectivity index (χ2v) is 7.22. The van der Waals surface area contributed by atoms with E-state index in [1.165, 1.54) is 11.3 Å². The SMILES string of the molecule is COC(C(=O)N1CCC(NC(=O)c2scnc2C)CC1)c1ccccc1. The summed E-state index contributed by atoms with van der Waals surface area (Å²) >= 11 is 1.35. The fourth-order valence-corrected chi connectivity index (χ4v) is 3.89. The van der Waals surface area contributed by atoms with Gasteiger partial charge < -0.3 is 15.0 Å². The van der Waals surface area contributed by atoms with Crippen LogP contribution >= 0.6 is 11.3 Å². The summed E-state index contributed by atoms with van der Waals surface area (Å²) in [5, 5.41) is 3.06. The normalized spacial score (nSPS) is 16.3. The van der Waals surface area contributed by atoms with Crippen molar-refractivity contribution in [3.63, 3.8) is 0 Å². The van der Waals surface area contributed by atoms with Crippen LogP contribution < -0.4 is 5.32 Å². The van der Waals surface area contributed by atoms with Gasteiger partial charge in [-0.15, -0.1) is 11.3 Å². The summed E-state index contributed by atoms with van der Waals surface area (Å²) in [5.74, 6) is -0.101. The first-order chi connectivity index (χ1) is 12.6. The third-order valence-corrected chi connectivity index (χ3v) is 5.58. The van der Waals surface area contributed by atoms with E-state index in [4.69, 9.17) is 4.74 Å². The maximum Gasteiger partial charge on any atom is 0.263 e. The molecule has 1 aliphatic rings. The average molecular weight is 373 g/mol. The molecule has 138 valence electrons. The van der Waals surface area contributed by atoms with Crippen LogP contribution in [0.1, 0.15) is 39.9 Å². The zero-order chi connectivity index (χ0) is 18.5. The van der Waals surface area contributed by atoms with Gasteiger partial charge in [-0.3, -0.25) is 9.59 Å². The predicted octanol–water partition coefficient (Wildman–Crippen LogP) is 2.56. The van der Waals surface area contributed by atoms with E-state index in [-0.39, 0.29) is 17.9 Å². The number of amides is 2. The summed E-state index contributed by atoms with van der Waals surface area (Å²) in [6, 6.07) is 9.59. The molecule has 2 amide bonds. The van der Waals surface area contributed by atoms with Crippen LogP contribution in [0.15, 0.2) is 35.8 Å². The number of benzene rings is 1. The van der Waals surface area contributed by atoms with Crippen molar-refractivity contribution in [3.8, 4) is 0 Å². The van der Waals surface area contributed by atoms with Gasteiger partial charge in [0.1, 0.15) is 4.88 Å². The molecule has 2 aromatic rings. The first kappa shape index (κ1) is 18.5. The van der Waals surface area contributed by atoms with Crippen LogP contribution in [-0.2, 0) is 9.53 Å². The molecule has 1 N–H and O–H groups in total. The minimum absolute atomic E-state index is 0.0261. The molecule has 0 radical (unpaired) electrons. The molecule has 0 bridgehead atoms. The summed E-state index contributed by atoms with van der Waals surface area (Å²) in [7, 11) is 1.56. The first-order valence-electron chi connectivity index (χ1n) is 8.67. The Hall–Kier alpha value is -2.25. The van der Waals surface area contributed by atoms with E-state index in [2.05, 4.69) is 10.3 Å². The van der Waals surface area contributed by atoms with Gasteiger partial charge in [0, 0.05) is 26.2 Å². The Bertz CT molecular complexity index is 754. The van der Waals surface area contributed by atoms with Gasteiger partial charge in [0.15, 0.2) is 6.10 Å². The monoisotopic (exact) mass is 373 g/mol. The zero-order valence-electron chi connectivity index (χ0n) is 15.0. The maximum absolute atomic E-state index is 12.8. The maximum atomic E-state index is 12.8. The van der Waals surface area contributed by atoms with Gasteiger partial charge in [-0.25, -0.2) is 4.98 Å². The number of aryl methyl sites for hydroxylation is 1. The largest absolute Gasteiger partial charge is 0.367 e. The smallest absolute Gasteiger partial charge is 0.263 e. The minimum atomic E-state index is -0.581. The van der Waals surface area contributed by atoms with Crippen molar-refractivity contribution in [2.75, 3.05) is 20.2 Å². The highest BCUT2D eigenvalue weighted by Crippen LogP contribution is 2.22. The predicted molar refractivity (Wildman–Crippen MR) is 100 cm³/mol. The number of hydrogen-bond acceptors (Lipinski definition) is 5. The van der Waals surface area contributed by atoms with Crippen molar-refractivity contribution in [1.82, 2.24) is 15.2 Å². The average Bonchev–Trinajstić information content (AvgIpc) is 3.10. The van der Waals surface area contributed by atoms with E-state index < -0.39 is 6.10 Å². The standard InChI is InChI=1S/C19H23N3O3S/c1-13-17(26-12-20-13)18(23)21-15-8-10-22(11-9-15)19(24)16(25-2)14-6-4-3-5-7-14/h3-7,12,15-16H,8-11H2,1-2H3,(H,21,23). The van der Waals surface area contributed by atoms with Gasteiger partial charge in [0.25, 0.3) is 11.8 Å². The molecular formula is C19H23N3O3S. The second kappa shape index (κ2) is 8.42. The van der Waals surface area contributed by atoms with Crippen LogP contribution in [0.25, 0.3) is 0 Å². The van der Waals surface area contributed by atoms with Gasteiger partial charge >= 0.3 is 0 Å². The summed E-state index contributed by atoms with van der Waals surface area (Å²) in [4.78, 5) is 31.7. The first-order valence-corrected chi connectivity index (χ1v) is 9.55. The highest BCUT2D eigenvalue weighted by atomic mass is 32.1. The second-order valence-electron chi connectivity index (χ2n) is 6.37. The molecule has 1 fully saturated rings. The van der Waals surface area contributed by atoms with Crippen LogP contribution in [0, 0.1) is 6.92 Å². The number of rotatable bonds is 5. The molecule has 1 aromatic heterocycles. The number of piperidine rings is 1. The molecule has 0 aliphatic carbocycles. The Balaban J connectivity index is 1.55. The van der Waals surface area contributed by atoms with Gasteiger partial charge in [0.05, 0.1) is 11.2 Å². The minimum Gasteiger partial charge on any atom is -0.367 e. The quantitative estimate of drug-likeness (QED) is 0.874. The Kier molecular flexibility index (Phi) is 6.00. The van der Waals surface area contributed by atoms with Crippen LogP contribution in [-0.4, -0.2) is 47.9 Å². The summed E-state index contributed by atoms with van der Waals surface area (Å²) in [5.41, 5.74) is 3.29. The van der Waals surface area contributed by atoms with Crippen molar-refractivity contribution >= 4 is 23.2 Å². The zero-order valence-corrected chi connectivity index (χ0v) is 15.8. The molecule has 1 aromatic carbocycles. The summed E-state index contributed by atoms with van der Waals surface area (Å²) in [6.07, 6.45) is 0.892. The lowest BCUT2D eigenvalue weighted by Gasteiger charge is -2.34. The molecule has 7 heteroatoms. The van der Waals surface area contributed by atoms with Gasteiger partial charge in [0.2, 0.25) is 0 Å². The van der Waals surface area contributed by atoms with Crippen LogP contribution in [0.2, 0.25) is 0 Å². The van der Waals surface area contributed by atoms with E-state index in [0.717, 1.165) is 24.1 Å². The van der Waals surface area contributed by atoms with Gasteiger partial charge in [-0.1, -0.05) is 30.3 Å². The third kappa shape index (κ3) is 4.11. The van der Waals surface area contributed by atoms with E-state index in [0.29, 0.717) is 18.0 Å². The number of nitrogens with one attached hydrogen (secondary N) is 1. The Labute approximate surface area is 157 Å². The number of carbonyl (C=O) groups is 2. The third-order valence-electron chi connectivity index (χ3n) is 4.66. The van der Waals surface area contributed by atoms with E-state index >= 15 is 0 Å². The molecule has 1 unspecified atom stereocenters. The van der Waals surface area contributed by atoms with Crippen molar-refractivity contribution in [3.05, 3.63) is 52.0 Å². The number of carbonyl (C=O) groups excluding carboxylic acids is 2. The molecule has 0 spiro atoms. The summed E-state index contributed by atoms with van der Waals surface area (Å²) in [6.45, 7) is 3.05. The molecule has 6 nitrogen and oxygen atoms in total. The highest BCUT2D eigenvalue weighted by Gasteiger charge is 2.30. The van der Waals surface area contributed by atoms with Crippen molar-refractivity contribution in [2.24, 2.45) is 0 Å². The Morgan fingerprint density at radius 1 is 1.27 bits per heavy atom. The number of ether oxygens (including phenoxy) is 1. The topological polar surface area (TPSA) is 71.5 Å². The number of aromatic nitrogens is 1. The fourth-order valence-electron chi connectivity index (χ4n) is 3.19. The van der Waals surface area contributed by atoms with Crippen molar-refractivity contribution < 1.29 is 14.3 Å². The van der Waals surface area contributed by atoms with Crippen molar-refractivity contribution in [2.45, 2.75) is 31.9 Å². The van der Waals surface area contributed by atoms with Gasteiger partial charge in [-0.05, 0) is 25.3 Å². The Morgan fingerprint density at radius 3 is 2.54 bits per heavy atom. The molecule has 3 rings (SSSR count). The molecule has 0 saturated carbocycles. The van der Waals surface area contributed by atoms with Gasteiger partial charge in [-0.2, -0.15) is 0 Å². The van der Waals surface area contributed by atoms with E-state index in [1.54, 1.807) is 12.6 Å². The van der Waals surface area contributed by atoms with Crippen molar-refractivity contribution in [1.29, 1.82) is 0 Å². The molecule has 2 heterocycles. The number of thiazole rings is 1. The molecule has 1 saturated heterocycles. The molecule has 1 atom stereocenters. The lowest BCUT2D eigenvalue weighted by atomic mass is 10.0. The fraction of sp³-hybridized carbons (Fsp3) is 0.421. The lowest BCUT2D eigenvalue weighted by Crippen LogP contribution is -2.47. The Morgan fingerprint density at radius 2 is 1.96 bits per heavy atom. The number of likely N-dealkylation sites (tertiary alicyclic amines) is 1. The van der Waals surface area contributed by atoms with Crippen LogP contribution in [0.4, 0.5) is 0 Å². The lowest BCUT2D eigenvalue weighted by molar-refractivity contribution is -0.143. The molecule has 26 heavy (non-hydrogen) atoms. The number of hydrogen-bond donors (Lipinski definition) is 1. The van der Waals surface area contributed by atoms with Crippen LogP contribution in [0.3, 0.4) is 0 Å². The number of methoxy groups -OCH3 is 1. The molecule has 1 aliphatic heterocycles. The van der Waals surface area contributed by atoms with E-state index in [9.17, 15) is 9.59 Å². The number of nitrogens with zero attached hydrogens (tertiary/aromatic N) is 2. The van der Waals surface area contributed by atoms with Crippen LogP contribution in [0.5, 0.6) is 0 Å². The molecular weight excluding hydrogens is 350 g/mol. The highest BCUT2D eigenvalue weighted by molar-refractivity contribution is 7.11. The van der Waals surface area contributed by atoms with E-state index in [1.807, 2.05) is 42.2 Å². The summed E-state index contributed by atoms with van der Waals surface area (Å²) < 4.78 is 5.44.